The van der Waals surface area contributed by atoms with E-state index >= 15 is 0 Å². The zero-order valence-electron chi connectivity index (χ0n) is 18.6. The van der Waals surface area contributed by atoms with Crippen LogP contribution in [0.1, 0.15) is 27.0 Å². The lowest BCUT2D eigenvalue weighted by Gasteiger charge is -2.34. The Balaban J connectivity index is 1.30. The molecule has 0 aliphatic carbocycles. The van der Waals surface area contributed by atoms with E-state index in [2.05, 4.69) is 46.2 Å². The molecule has 0 saturated carbocycles. The van der Waals surface area contributed by atoms with Gasteiger partial charge in [-0.1, -0.05) is 66.7 Å². The normalized spacial score (nSPS) is 15.2. The fourth-order valence-electron chi connectivity index (χ4n) is 4.01. The van der Waals surface area contributed by atoms with Gasteiger partial charge in [-0.25, -0.2) is 0 Å². The number of ketones is 1. The Morgan fingerprint density at radius 3 is 2.09 bits per heavy atom. The molecule has 0 radical (unpaired) electrons. The Labute approximate surface area is 190 Å². The summed E-state index contributed by atoms with van der Waals surface area (Å²) in [5, 5.41) is 0. The topological polar surface area (TPSA) is 32.8 Å². The van der Waals surface area contributed by atoms with E-state index in [1.807, 2.05) is 48.5 Å². The predicted molar refractivity (Wildman–Crippen MR) is 130 cm³/mol. The number of nitrogens with zero attached hydrogens (tertiary/aromatic N) is 2. The summed E-state index contributed by atoms with van der Waals surface area (Å²) in [5.41, 5.74) is 4.26. The van der Waals surface area contributed by atoms with Crippen LogP contribution in [0.4, 0.5) is 0 Å². The van der Waals surface area contributed by atoms with E-state index in [-0.39, 0.29) is 5.78 Å². The Kier molecular flexibility index (Phi) is 7.49. The largest absolute Gasteiger partial charge is 0.497 e. The van der Waals surface area contributed by atoms with Crippen molar-refractivity contribution in [3.05, 3.63) is 107 Å². The number of hydrogen-bond acceptors (Lipinski definition) is 4. The molecule has 0 unspecified atom stereocenters. The Hall–Kier alpha value is -3.21. The van der Waals surface area contributed by atoms with Crippen LogP contribution in [0.3, 0.4) is 0 Å². The van der Waals surface area contributed by atoms with E-state index in [1.54, 1.807) is 13.2 Å². The third-order valence-corrected chi connectivity index (χ3v) is 5.87. The summed E-state index contributed by atoms with van der Waals surface area (Å²) in [4.78, 5) is 17.7. The Morgan fingerprint density at radius 1 is 0.812 bits per heavy atom. The summed E-state index contributed by atoms with van der Waals surface area (Å²) in [6.45, 7) is 6.11. The van der Waals surface area contributed by atoms with Gasteiger partial charge in [0.05, 0.1) is 7.11 Å². The van der Waals surface area contributed by atoms with Crippen LogP contribution in [0.5, 0.6) is 5.75 Å². The van der Waals surface area contributed by atoms with Crippen molar-refractivity contribution in [2.24, 2.45) is 0 Å². The van der Waals surface area contributed by atoms with Crippen molar-refractivity contribution in [2.75, 3.05) is 33.3 Å². The van der Waals surface area contributed by atoms with Gasteiger partial charge < -0.3 is 4.74 Å². The summed E-state index contributed by atoms with van der Waals surface area (Å²) >= 11 is 0. The molecule has 1 fully saturated rings. The predicted octanol–water partition coefficient (Wildman–Crippen LogP) is 4.91. The molecule has 4 heteroatoms. The molecule has 32 heavy (non-hydrogen) atoms. The molecular weight excluding hydrogens is 396 g/mol. The van der Waals surface area contributed by atoms with Crippen molar-refractivity contribution in [1.29, 1.82) is 0 Å². The van der Waals surface area contributed by atoms with Gasteiger partial charge in [0.25, 0.3) is 0 Å². The first-order valence-electron chi connectivity index (χ1n) is 11.1. The van der Waals surface area contributed by atoms with Crippen LogP contribution in [0.25, 0.3) is 6.08 Å². The van der Waals surface area contributed by atoms with Gasteiger partial charge in [0, 0.05) is 44.8 Å². The molecule has 1 saturated heterocycles. The summed E-state index contributed by atoms with van der Waals surface area (Å²) in [6.07, 6.45) is 3.49. The van der Waals surface area contributed by atoms with E-state index in [0.29, 0.717) is 0 Å². The van der Waals surface area contributed by atoms with E-state index in [0.717, 1.165) is 56.1 Å². The van der Waals surface area contributed by atoms with Crippen molar-refractivity contribution in [3.63, 3.8) is 0 Å². The molecule has 4 rings (SSSR count). The van der Waals surface area contributed by atoms with Gasteiger partial charge in [0.15, 0.2) is 5.78 Å². The van der Waals surface area contributed by atoms with Crippen molar-refractivity contribution in [2.45, 2.75) is 13.1 Å². The molecule has 4 nitrogen and oxygen atoms in total. The second-order valence-electron chi connectivity index (χ2n) is 8.21. The molecule has 1 aliphatic rings. The number of ether oxygens (including phenoxy) is 1. The van der Waals surface area contributed by atoms with E-state index in [4.69, 9.17) is 4.74 Å². The molecule has 0 bridgehead atoms. The van der Waals surface area contributed by atoms with Crippen LogP contribution in [0, 0.1) is 0 Å². The second kappa shape index (κ2) is 10.9. The smallest absolute Gasteiger partial charge is 0.185 e. The Bertz CT molecular complexity index is 1040. The number of allylic oxidation sites excluding steroid dienone is 1. The monoisotopic (exact) mass is 426 g/mol. The zero-order valence-corrected chi connectivity index (χ0v) is 18.6. The minimum absolute atomic E-state index is 0.0235. The quantitative estimate of drug-likeness (QED) is 0.379. The van der Waals surface area contributed by atoms with Crippen molar-refractivity contribution in [1.82, 2.24) is 9.80 Å². The number of hydrogen-bond donors (Lipinski definition) is 0. The molecule has 3 aromatic carbocycles. The first kappa shape index (κ1) is 22.0. The van der Waals surface area contributed by atoms with Crippen LogP contribution >= 0.6 is 0 Å². The second-order valence-corrected chi connectivity index (χ2v) is 8.21. The van der Waals surface area contributed by atoms with Gasteiger partial charge in [-0.15, -0.1) is 0 Å². The number of carbonyl (C=O) groups excluding carboxylic acids is 1. The summed E-state index contributed by atoms with van der Waals surface area (Å²) in [5.74, 6) is 0.831. The van der Waals surface area contributed by atoms with E-state index in [9.17, 15) is 4.79 Å². The molecule has 164 valence electrons. The van der Waals surface area contributed by atoms with Crippen LogP contribution in [0.2, 0.25) is 0 Å². The van der Waals surface area contributed by atoms with Gasteiger partial charge in [0.1, 0.15) is 5.75 Å². The lowest BCUT2D eigenvalue weighted by atomic mass is 10.1. The number of methoxy groups -OCH3 is 1. The fourth-order valence-corrected chi connectivity index (χ4v) is 4.01. The van der Waals surface area contributed by atoms with Crippen molar-refractivity contribution >= 4 is 11.9 Å². The van der Waals surface area contributed by atoms with E-state index in [1.165, 1.54) is 11.1 Å². The lowest BCUT2D eigenvalue weighted by Crippen LogP contribution is -2.45. The average molecular weight is 427 g/mol. The molecule has 0 atom stereocenters. The molecule has 3 aromatic rings. The number of benzene rings is 3. The molecule has 1 aliphatic heterocycles. The van der Waals surface area contributed by atoms with Gasteiger partial charge >= 0.3 is 0 Å². The summed E-state index contributed by atoms with van der Waals surface area (Å²) < 4.78 is 5.17. The third kappa shape index (κ3) is 6.16. The fraction of sp³-hybridized carbons (Fsp3) is 0.250. The average Bonchev–Trinajstić information content (AvgIpc) is 2.85. The van der Waals surface area contributed by atoms with E-state index < -0.39 is 0 Å². The first-order chi connectivity index (χ1) is 15.7. The number of rotatable bonds is 8. The molecule has 0 N–H and O–H groups in total. The third-order valence-electron chi connectivity index (χ3n) is 5.87. The molecule has 0 spiro atoms. The number of carbonyl (C=O) groups is 1. The molecule has 1 heterocycles. The van der Waals surface area contributed by atoms with Gasteiger partial charge in [-0.2, -0.15) is 0 Å². The lowest BCUT2D eigenvalue weighted by molar-refractivity contribution is 0.104. The molecular formula is C28H30N2O2. The van der Waals surface area contributed by atoms with Crippen LogP contribution in [0.15, 0.2) is 84.9 Å². The zero-order chi connectivity index (χ0) is 22.2. The van der Waals surface area contributed by atoms with Crippen LogP contribution < -0.4 is 4.74 Å². The maximum absolute atomic E-state index is 12.7. The minimum atomic E-state index is 0.0235. The number of piperazine rings is 1. The highest BCUT2D eigenvalue weighted by atomic mass is 16.5. The van der Waals surface area contributed by atoms with Crippen LogP contribution in [-0.2, 0) is 13.1 Å². The SMILES string of the molecule is COc1ccc(/C=C/C(=O)c2cccc(CN3CCN(Cc4ccccc4)CC3)c2)cc1. The summed E-state index contributed by atoms with van der Waals surface area (Å²) in [7, 11) is 1.64. The van der Waals surface area contributed by atoms with Gasteiger partial charge in [-0.05, 0) is 41.0 Å². The first-order valence-corrected chi connectivity index (χ1v) is 11.1. The maximum atomic E-state index is 12.7. The maximum Gasteiger partial charge on any atom is 0.185 e. The molecule has 0 aromatic heterocycles. The van der Waals surface area contributed by atoms with Gasteiger partial charge in [-0.3, -0.25) is 14.6 Å². The molecule has 0 amide bonds. The van der Waals surface area contributed by atoms with Crippen molar-refractivity contribution < 1.29 is 9.53 Å². The van der Waals surface area contributed by atoms with Crippen LogP contribution in [-0.4, -0.2) is 48.9 Å². The Morgan fingerprint density at radius 2 is 1.44 bits per heavy atom. The highest BCUT2D eigenvalue weighted by molar-refractivity contribution is 6.06. The van der Waals surface area contributed by atoms with Gasteiger partial charge in [0.2, 0.25) is 0 Å². The summed E-state index contributed by atoms with van der Waals surface area (Å²) in [6, 6.07) is 26.3. The minimum Gasteiger partial charge on any atom is -0.497 e. The standard InChI is InChI=1S/C28H30N2O2/c1-32-27-13-10-23(11-14-27)12-15-28(31)26-9-5-8-25(20-26)22-30-18-16-29(17-19-30)21-24-6-3-2-4-7-24/h2-15,20H,16-19,21-22H2,1H3/b15-12+. The van der Waals surface area contributed by atoms with Crippen molar-refractivity contribution in [3.8, 4) is 5.75 Å². The highest BCUT2D eigenvalue weighted by Gasteiger charge is 2.17. The highest BCUT2D eigenvalue weighted by Crippen LogP contribution is 2.15.